The number of carbonyl (C=O) groups is 2. The Bertz CT molecular complexity index is 215. The number of carbonyl (C=O) groups excluding carboxylic acids is 2. The number of ether oxygens (including phenoxy) is 2. The van der Waals surface area contributed by atoms with Crippen LogP contribution in [0.1, 0.15) is 40.0 Å². The molecule has 0 heterocycles. The number of hydrogen-bond acceptors (Lipinski definition) is 4. The van der Waals surface area contributed by atoms with E-state index in [-0.39, 0.29) is 30.2 Å². The highest BCUT2D eigenvalue weighted by Gasteiger charge is 2.12. The third kappa shape index (κ3) is 9.25. The monoisotopic (exact) mass is 216 g/mol. The van der Waals surface area contributed by atoms with Crippen LogP contribution in [-0.2, 0) is 19.1 Å². The molecule has 0 rings (SSSR count). The number of hydrogen-bond donors (Lipinski definition) is 0. The largest absolute Gasteiger partial charge is 0.469 e. The molecule has 0 radical (unpaired) electrons. The summed E-state index contributed by atoms with van der Waals surface area (Å²) >= 11 is 0. The predicted molar refractivity (Wildman–Crippen MR) is 56.3 cm³/mol. The summed E-state index contributed by atoms with van der Waals surface area (Å²) in [7, 11) is 1.30. The van der Waals surface area contributed by atoms with Crippen LogP contribution < -0.4 is 0 Å². The van der Waals surface area contributed by atoms with Crippen LogP contribution >= 0.6 is 0 Å². The van der Waals surface area contributed by atoms with Gasteiger partial charge in [-0.2, -0.15) is 0 Å². The molecule has 0 atom stereocenters. The summed E-state index contributed by atoms with van der Waals surface area (Å²) in [5, 5.41) is 0. The molecule has 0 aromatic heterocycles. The molecule has 0 aliphatic rings. The van der Waals surface area contributed by atoms with Crippen LogP contribution in [0.4, 0.5) is 0 Å². The first-order valence-corrected chi connectivity index (χ1v) is 5.07. The highest BCUT2D eigenvalue weighted by atomic mass is 16.5. The van der Waals surface area contributed by atoms with Crippen LogP contribution in [0.2, 0.25) is 0 Å². The second kappa shape index (κ2) is 6.43. The van der Waals surface area contributed by atoms with Gasteiger partial charge in [0, 0.05) is 0 Å². The molecule has 88 valence electrons. The molecule has 0 aromatic rings. The SMILES string of the molecule is COC(=O)CCC(=O)OCCC(C)(C)C. The Labute approximate surface area is 90.9 Å². The van der Waals surface area contributed by atoms with Gasteiger partial charge < -0.3 is 9.47 Å². The van der Waals surface area contributed by atoms with Gasteiger partial charge in [0.05, 0.1) is 26.6 Å². The maximum absolute atomic E-state index is 11.1. The van der Waals surface area contributed by atoms with Crippen molar-refractivity contribution in [2.24, 2.45) is 5.41 Å². The summed E-state index contributed by atoms with van der Waals surface area (Å²) < 4.78 is 9.38. The minimum absolute atomic E-state index is 0.0881. The Balaban J connectivity index is 3.54. The fourth-order valence-electron chi connectivity index (χ4n) is 0.849. The van der Waals surface area contributed by atoms with E-state index in [2.05, 4.69) is 25.5 Å². The lowest BCUT2D eigenvalue weighted by atomic mass is 9.93. The maximum atomic E-state index is 11.1. The standard InChI is InChI=1S/C11H20O4/c1-11(2,3)7-8-15-10(13)6-5-9(12)14-4/h5-8H2,1-4H3. The van der Waals surface area contributed by atoms with Gasteiger partial charge in [0.15, 0.2) is 0 Å². The first-order valence-electron chi connectivity index (χ1n) is 5.07. The molecule has 0 fully saturated rings. The molecule has 0 aliphatic carbocycles. The van der Waals surface area contributed by atoms with Gasteiger partial charge in [-0.25, -0.2) is 0 Å². The first kappa shape index (κ1) is 13.9. The zero-order valence-electron chi connectivity index (χ0n) is 9.96. The molecule has 0 amide bonds. The average molecular weight is 216 g/mol. The van der Waals surface area contributed by atoms with E-state index in [9.17, 15) is 9.59 Å². The van der Waals surface area contributed by atoms with Crippen LogP contribution in [0.3, 0.4) is 0 Å². The van der Waals surface area contributed by atoms with E-state index in [1.807, 2.05) is 0 Å². The Morgan fingerprint density at radius 2 is 1.60 bits per heavy atom. The Hall–Kier alpha value is -1.06. The van der Waals surface area contributed by atoms with Gasteiger partial charge in [-0.3, -0.25) is 9.59 Å². The third-order valence-electron chi connectivity index (χ3n) is 1.88. The smallest absolute Gasteiger partial charge is 0.306 e. The molecule has 4 nitrogen and oxygen atoms in total. The Morgan fingerprint density at radius 3 is 2.07 bits per heavy atom. The highest BCUT2D eigenvalue weighted by Crippen LogP contribution is 2.18. The summed E-state index contributed by atoms with van der Waals surface area (Å²) in [5.41, 5.74) is 0.155. The molecule has 0 saturated carbocycles. The van der Waals surface area contributed by atoms with E-state index in [1.54, 1.807) is 0 Å². The second-order valence-corrected chi connectivity index (χ2v) is 4.61. The zero-order valence-corrected chi connectivity index (χ0v) is 9.96. The van der Waals surface area contributed by atoms with E-state index in [4.69, 9.17) is 4.74 Å². The van der Waals surface area contributed by atoms with Crippen LogP contribution in [-0.4, -0.2) is 25.7 Å². The van der Waals surface area contributed by atoms with Gasteiger partial charge in [-0.1, -0.05) is 20.8 Å². The summed E-state index contributed by atoms with van der Waals surface area (Å²) in [6.07, 6.45) is 0.999. The van der Waals surface area contributed by atoms with Crippen molar-refractivity contribution in [2.75, 3.05) is 13.7 Å². The molecular weight excluding hydrogens is 196 g/mol. The van der Waals surface area contributed by atoms with Crippen molar-refractivity contribution >= 4 is 11.9 Å². The molecule has 0 N–H and O–H groups in total. The highest BCUT2D eigenvalue weighted by molar-refractivity contribution is 5.77. The number of esters is 2. The molecule has 4 heteroatoms. The van der Waals surface area contributed by atoms with E-state index >= 15 is 0 Å². The Kier molecular flexibility index (Phi) is 5.97. The molecular formula is C11H20O4. The van der Waals surface area contributed by atoms with E-state index < -0.39 is 0 Å². The van der Waals surface area contributed by atoms with Crippen molar-refractivity contribution in [3.8, 4) is 0 Å². The van der Waals surface area contributed by atoms with E-state index in [1.165, 1.54) is 7.11 Å². The van der Waals surface area contributed by atoms with Crippen LogP contribution in [0.25, 0.3) is 0 Å². The number of methoxy groups -OCH3 is 1. The van der Waals surface area contributed by atoms with Crippen molar-refractivity contribution in [2.45, 2.75) is 40.0 Å². The molecule has 15 heavy (non-hydrogen) atoms. The van der Waals surface area contributed by atoms with Crippen LogP contribution in [0.15, 0.2) is 0 Å². The molecule has 0 saturated heterocycles. The summed E-state index contributed by atoms with van der Waals surface area (Å²) in [6.45, 7) is 6.64. The van der Waals surface area contributed by atoms with E-state index in [0.717, 1.165) is 6.42 Å². The first-order chi connectivity index (χ1) is 6.85. The van der Waals surface area contributed by atoms with E-state index in [0.29, 0.717) is 6.61 Å². The lowest BCUT2D eigenvalue weighted by Gasteiger charge is -2.17. The van der Waals surface area contributed by atoms with Crippen molar-refractivity contribution in [3.05, 3.63) is 0 Å². The van der Waals surface area contributed by atoms with Crippen molar-refractivity contribution in [1.29, 1.82) is 0 Å². The van der Waals surface area contributed by atoms with Crippen molar-refractivity contribution < 1.29 is 19.1 Å². The van der Waals surface area contributed by atoms with Crippen LogP contribution in [0, 0.1) is 5.41 Å². The fraction of sp³-hybridized carbons (Fsp3) is 0.818. The lowest BCUT2D eigenvalue weighted by Crippen LogP contribution is -2.14. The fourth-order valence-corrected chi connectivity index (χ4v) is 0.849. The normalized spacial score (nSPS) is 10.9. The van der Waals surface area contributed by atoms with Crippen molar-refractivity contribution in [3.63, 3.8) is 0 Å². The molecule has 0 aliphatic heterocycles. The summed E-state index contributed by atoms with van der Waals surface area (Å²) in [6, 6.07) is 0. The summed E-state index contributed by atoms with van der Waals surface area (Å²) in [4.78, 5) is 21.8. The lowest BCUT2D eigenvalue weighted by molar-refractivity contribution is -0.149. The zero-order chi connectivity index (χ0) is 11.9. The minimum Gasteiger partial charge on any atom is -0.469 e. The van der Waals surface area contributed by atoms with Gasteiger partial charge in [0.2, 0.25) is 0 Å². The predicted octanol–water partition coefficient (Wildman–Crippen LogP) is 1.92. The molecule has 0 spiro atoms. The van der Waals surface area contributed by atoms with Gasteiger partial charge in [-0.15, -0.1) is 0 Å². The van der Waals surface area contributed by atoms with Gasteiger partial charge >= 0.3 is 11.9 Å². The quantitative estimate of drug-likeness (QED) is 0.659. The van der Waals surface area contributed by atoms with Gasteiger partial charge in [0.25, 0.3) is 0 Å². The Morgan fingerprint density at radius 1 is 1.07 bits per heavy atom. The summed E-state index contributed by atoms with van der Waals surface area (Å²) in [5.74, 6) is -0.729. The maximum Gasteiger partial charge on any atom is 0.306 e. The van der Waals surface area contributed by atoms with Crippen molar-refractivity contribution in [1.82, 2.24) is 0 Å². The average Bonchev–Trinajstić information content (AvgIpc) is 2.12. The second-order valence-electron chi connectivity index (χ2n) is 4.61. The third-order valence-corrected chi connectivity index (χ3v) is 1.88. The van der Waals surface area contributed by atoms with Gasteiger partial charge in [-0.05, 0) is 11.8 Å². The topological polar surface area (TPSA) is 52.6 Å². The van der Waals surface area contributed by atoms with Crippen LogP contribution in [0.5, 0.6) is 0 Å². The van der Waals surface area contributed by atoms with Gasteiger partial charge in [0.1, 0.15) is 0 Å². The molecule has 0 unspecified atom stereocenters. The molecule has 0 aromatic carbocycles. The number of rotatable bonds is 5. The molecule has 0 bridgehead atoms. The minimum atomic E-state index is -0.386.